The number of rotatable bonds is 4. The van der Waals surface area contributed by atoms with Gasteiger partial charge in [0.25, 0.3) is 5.91 Å². The molecule has 0 saturated carbocycles. The van der Waals surface area contributed by atoms with E-state index in [1.807, 2.05) is 66.7 Å². The number of amides is 2. The highest BCUT2D eigenvalue weighted by Crippen LogP contribution is 2.21. The first-order valence-corrected chi connectivity index (χ1v) is 7.35. The summed E-state index contributed by atoms with van der Waals surface area (Å²) in [5.41, 5.74) is 2.70. The van der Waals surface area contributed by atoms with E-state index in [1.54, 1.807) is 0 Å². The van der Waals surface area contributed by atoms with Gasteiger partial charge in [-0.05, 0) is 17.5 Å². The number of carbonyl (C=O) groups is 2. The molecule has 3 nitrogen and oxygen atoms in total. The van der Waals surface area contributed by atoms with Gasteiger partial charge in [-0.3, -0.25) is 14.5 Å². The molecule has 3 rings (SSSR count). The Hall–Kier alpha value is -2.68. The van der Waals surface area contributed by atoms with Gasteiger partial charge in [-0.2, -0.15) is 0 Å². The van der Waals surface area contributed by atoms with Crippen LogP contribution in [0.1, 0.15) is 17.5 Å². The number of allylic oxidation sites excluding steroid dienone is 1. The molecule has 3 heteroatoms. The molecule has 0 aromatic heterocycles. The third-order valence-electron chi connectivity index (χ3n) is 3.77. The zero-order valence-corrected chi connectivity index (χ0v) is 12.2. The Morgan fingerprint density at radius 3 is 2.09 bits per heavy atom. The first kappa shape index (κ1) is 14.3. The van der Waals surface area contributed by atoms with E-state index in [4.69, 9.17) is 0 Å². The van der Waals surface area contributed by atoms with Gasteiger partial charge in [0.2, 0.25) is 5.91 Å². The van der Waals surface area contributed by atoms with E-state index in [0.717, 1.165) is 11.1 Å². The Morgan fingerprint density at radius 1 is 0.864 bits per heavy atom. The van der Waals surface area contributed by atoms with Gasteiger partial charge in [-0.15, -0.1) is 0 Å². The van der Waals surface area contributed by atoms with Crippen molar-refractivity contribution in [1.29, 1.82) is 0 Å². The van der Waals surface area contributed by atoms with Crippen LogP contribution in [-0.4, -0.2) is 16.7 Å². The van der Waals surface area contributed by atoms with Crippen LogP contribution in [0.25, 0.3) is 0 Å². The van der Waals surface area contributed by atoms with Gasteiger partial charge in [0, 0.05) is 5.57 Å². The maximum atomic E-state index is 12.4. The summed E-state index contributed by atoms with van der Waals surface area (Å²) in [6.07, 6.45) is 2.76. The van der Waals surface area contributed by atoms with E-state index in [0.29, 0.717) is 18.5 Å². The van der Waals surface area contributed by atoms with Crippen molar-refractivity contribution < 1.29 is 9.59 Å². The highest BCUT2D eigenvalue weighted by atomic mass is 16.2. The summed E-state index contributed by atoms with van der Waals surface area (Å²) in [5, 5.41) is 0. The molecule has 1 saturated heterocycles. The van der Waals surface area contributed by atoms with Crippen molar-refractivity contribution in [3.63, 3.8) is 0 Å². The van der Waals surface area contributed by atoms with Crippen LogP contribution in [0, 0.1) is 0 Å². The smallest absolute Gasteiger partial charge is 0.256 e. The number of carbonyl (C=O) groups excluding carboxylic acids is 2. The lowest BCUT2D eigenvalue weighted by Crippen LogP contribution is -2.28. The van der Waals surface area contributed by atoms with Gasteiger partial charge in [0.1, 0.15) is 0 Å². The van der Waals surface area contributed by atoms with Crippen molar-refractivity contribution in [1.82, 2.24) is 4.90 Å². The highest BCUT2D eigenvalue weighted by Gasteiger charge is 2.33. The third kappa shape index (κ3) is 3.14. The Morgan fingerprint density at radius 2 is 1.45 bits per heavy atom. The monoisotopic (exact) mass is 291 g/mol. The molecule has 0 atom stereocenters. The lowest BCUT2D eigenvalue weighted by atomic mass is 10.1. The summed E-state index contributed by atoms with van der Waals surface area (Å²) in [4.78, 5) is 25.8. The van der Waals surface area contributed by atoms with Gasteiger partial charge >= 0.3 is 0 Å². The van der Waals surface area contributed by atoms with Gasteiger partial charge in [0.05, 0.1) is 13.0 Å². The molecule has 1 aliphatic rings. The summed E-state index contributed by atoms with van der Waals surface area (Å²) in [6, 6.07) is 19.5. The minimum Gasteiger partial charge on any atom is -0.274 e. The van der Waals surface area contributed by atoms with Crippen LogP contribution < -0.4 is 0 Å². The van der Waals surface area contributed by atoms with E-state index >= 15 is 0 Å². The molecule has 2 amide bonds. The van der Waals surface area contributed by atoms with Gasteiger partial charge in [0.15, 0.2) is 0 Å². The van der Waals surface area contributed by atoms with Crippen LogP contribution >= 0.6 is 0 Å². The largest absolute Gasteiger partial charge is 0.274 e. The van der Waals surface area contributed by atoms with Crippen LogP contribution in [0.4, 0.5) is 0 Å². The number of hydrogen-bond acceptors (Lipinski definition) is 2. The highest BCUT2D eigenvalue weighted by molar-refractivity contribution is 6.13. The van der Waals surface area contributed by atoms with Gasteiger partial charge < -0.3 is 0 Å². The second-order valence-corrected chi connectivity index (χ2v) is 5.37. The fourth-order valence-corrected chi connectivity index (χ4v) is 2.56. The second-order valence-electron chi connectivity index (χ2n) is 5.37. The van der Waals surface area contributed by atoms with E-state index in [1.165, 1.54) is 4.90 Å². The van der Waals surface area contributed by atoms with Crippen LogP contribution in [0.15, 0.2) is 72.3 Å². The average Bonchev–Trinajstić information content (AvgIpc) is 2.82. The Kier molecular flexibility index (Phi) is 4.15. The first-order valence-electron chi connectivity index (χ1n) is 7.35. The number of nitrogens with zero attached hydrogens (tertiary/aromatic N) is 1. The van der Waals surface area contributed by atoms with Crippen molar-refractivity contribution in [2.45, 2.75) is 19.4 Å². The molecule has 1 fully saturated rings. The van der Waals surface area contributed by atoms with Crippen LogP contribution in [0.5, 0.6) is 0 Å². The van der Waals surface area contributed by atoms with E-state index in [2.05, 4.69) is 0 Å². The summed E-state index contributed by atoms with van der Waals surface area (Å²) >= 11 is 0. The van der Waals surface area contributed by atoms with E-state index in [-0.39, 0.29) is 18.2 Å². The molecule has 0 aliphatic carbocycles. The van der Waals surface area contributed by atoms with E-state index in [9.17, 15) is 9.59 Å². The van der Waals surface area contributed by atoms with Crippen LogP contribution in [-0.2, 0) is 22.6 Å². The minimum atomic E-state index is -0.162. The molecule has 0 bridgehead atoms. The molecule has 0 radical (unpaired) electrons. The summed E-state index contributed by atoms with van der Waals surface area (Å²) in [6.45, 7) is 0.348. The molecule has 0 unspecified atom stereocenters. The lowest BCUT2D eigenvalue weighted by molar-refractivity contribution is -0.138. The van der Waals surface area contributed by atoms with Crippen molar-refractivity contribution >= 4 is 11.8 Å². The molecular weight excluding hydrogens is 274 g/mol. The van der Waals surface area contributed by atoms with Crippen LogP contribution in [0.3, 0.4) is 0 Å². The topological polar surface area (TPSA) is 37.4 Å². The molecule has 0 N–H and O–H groups in total. The zero-order valence-electron chi connectivity index (χ0n) is 12.2. The fraction of sp³-hybridized carbons (Fsp3) is 0.158. The van der Waals surface area contributed by atoms with Gasteiger partial charge in [-0.25, -0.2) is 0 Å². The predicted octanol–water partition coefficient (Wildman–Crippen LogP) is 3.11. The number of hydrogen-bond donors (Lipinski definition) is 0. The van der Waals surface area contributed by atoms with Crippen LogP contribution in [0.2, 0.25) is 0 Å². The maximum Gasteiger partial charge on any atom is 0.256 e. The van der Waals surface area contributed by atoms with Crippen molar-refractivity contribution in [2.75, 3.05) is 0 Å². The Bertz CT molecular complexity index is 705. The predicted molar refractivity (Wildman–Crippen MR) is 84.8 cm³/mol. The Labute approximate surface area is 129 Å². The molecule has 0 spiro atoms. The lowest BCUT2D eigenvalue weighted by Gasteiger charge is -2.13. The summed E-state index contributed by atoms with van der Waals surface area (Å²) in [7, 11) is 0. The SMILES string of the molecule is O=C1C/C(=C\Cc2ccccc2)C(=O)N1Cc1ccccc1. The molecule has 1 heterocycles. The van der Waals surface area contributed by atoms with Gasteiger partial charge in [-0.1, -0.05) is 66.7 Å². The molecule has 2 aromatic carbocycles. The molecule has 110 valence electrons. The number of likely N-dealkylation sites (tertiary alicyclic amines) is 1. The Balaban J connectivity index is 1.71. The molecule has 2 aromatic rings. The third-order valence-corrected chi connectivity index (χ3v) is 3.77. The second kappa shape index (κ2) is 6.39. The zero-order chi connectivity index (χ0) is 15.4. The van der Waals surface area contributed by atoms with Crippen molar-refractivity contribution in [3.05, 3.63) is 83.4 Å². The fourth-order valence-electron chi connectivity index (χ4n) is 2.56. The normalized spacial score (nSPS) is 16.5. The number of benzene rings is 2. The molecular formula is C19H17NO2. The number of imide groups is 1. The average molecular weight is 291 g/mol. The quantitative estimate of drug-likeness (QED) is 0.641. The summed E-state index contributed by atoms with van der Waals surface area (Å²) < 4.78 is 0. The van der Waals surface area contributed by atoms with Crippen molar-refractivity contribution in [3.8, 4) is 0 Å². The summed E-state index contributed by atoms with van der Waals surface area (Å²) in [5.74, 6) is -0.280. The minimum absolute atomic E-state index is 0.117. The first-order chi connectivity index (χ1) is 10.7. The standard InChI is InChI=1S/C19H17NO2/c21-18-13-17(12-11-15-7-3-1-4-8-15)19(22)20(18)14-16-9-5-2-6-10-16/h1-10,12H,11,13-14H2/b17-12+. The van der Waals surface area contributed by atoms with Crippen molar-refractivity contribution in [2.24, 2.45) is 0 Å². The maximum absolute atomic E-state index is 12.4. The molecule has 1 aliphatic heterocycles. The molecule has 22 heavy (non-hydrogen) atoms. The van der Waals surface area contributed by atoms with E-state index < -0.39 is 0 Å².